The van der Waals surface area contributed by atoms with E-state index in [1.165, 1.54) is 16.8 Å². The molecule has 27 heavy (non-hydrogen) atoms. The number of benzene rings is 1. The van der Waals surface area contributed by atoms with Crippen molar-refractivity contribution in [3.8, 4) is 11.3 Å². The topological polar surface area (TPSA) is 72.9 Å². The van der Waals surface area contributed by atoms with Crippen molar-refractivity contribution in [2.75, 3.05) is 5.32 Å². The normalized spacial score (nSPS) is 11.9. The summed E-state index contributed by atoms with van der Waals surface area (Å²) < 4.78 is 41.6. The molecule has 3 aromatic heterocycles. The van der Waals surface area contributed by atoms with Gasteiger partial charge in [0.1, 0.15) is 12.0 Å². The van der Waals surface area contributed by atoms with Crippen molar-refractivity contribution in [3.05, 3.63) is 60.6 Å². The summed E-state index contributed by atoms with van der Waals surface area (Å²) in [4.78, 5) is 11.7. The monoisotopic (exact) mass is 373 g/mol. The number of nitrogens with zero attached hydrogens (tertiary/aromatic N) is 6. The molecule has 3 heterocycles. The second-order valence-electron chi connectivity index (χ2n) is 5.89. The Labute approximate surface area is 151 Å². The van der Waals surface area contributed by atoms with Crippen molar-refractivity contribution in [1.29, 1.82) is 0 Å². The lowest BCUT2D eigenvalue weighted by molar-refractivity contribution is -0.141. The van der Waals surface area contributed by atoms with Gasteiger partial charge in [-0.2, -0.15) is 18.3 Å². The number of hydrogen-bond donors (Lipinski definition) is 1. The van der Waals surface area contributed by atoms with Crippen LogP contribution in [0.3, 0.4) is 0 Å². The average molecular weight is 373 g/mol. The summed E-state index contributed by atoms with van der Waals surface area (Å²) in [5.74, 6) is 0.650. The molecular formula is C17H14F3N7. The maximum Gasteiger partial charge on any atom is 0.433 e. The third-order valence-electron chi connectivity index (χ3n) is 3.93. The van der Waals surface area contributed by atoms with Gasteiger partial charge in [-0.05, 0) is 18.2 Å². The lowest BCUT2D eigenvalue weighted by atomic mass is 10.1. The lowest BCUT2D eigenvalue weighted by Crippen LogP contribution is -2.09. The van der Waals surface area contributed by atoms with Gasteiger partial charge in [-0.1, -0.05) is 12.1 Å². The molecule has 0 atom stereocenters. The number of aryl methyl sites for hydroxylation is 1. The van der Waals surface area contributed by atoms with Gasteiger partial charge >= 0.3 is 6.18 Å². The Balaban J connectivity index is 1.61. The van der Waals surface area contributed by atoms with E-state index in [4.69, 9.17) is 0 Å². The van der Waals surface area contributed by atoms with Crippen molar-refractivity contribution in [2.45, 2.75) is 12.7 Å². The maximum atomic E-state index is 12.8. The summed E-state index contributed by atoms with van der Waals surface area (Å²) in [7, 11) is 1.79. The van der Waals surface area contributed by atoms with Crippen molar-refractivity contribution in [2.24, 2.45) is 7.05 Å². The molecule has 138 valence electrons. The van der Waals surface area contributed by atoms with Crippen LogP contribution in [0.5, 0.6) is 0 Å². The smallest absolute Gasteiger partial charge is 0.378 e. The van der Waals surface area contributed by atoms with Crippen LogP contribution < -0.4 is 5.32 Å². The van der Waals surface area contributed by atoms with Crippen LogP contribution in [-0.4, -0.2) is 29.1 Å². The third-order valence-corrected chi connectivity index (χ3v) is 3.93. The number of alkyl halides is 3. The van der Waals surface area contributed by atoms with Crippen LogP contribution in [0, 0.1) is 0 Å². The number of anilines is 1. The van der Waals surface area contributed by atoms with E-state index < -0.39 is 11.9 Å². The number of rotatable bonds is 4. The SMILES string of the molecule is Cn1cnc(CNc2cccc(-c3cnc4nc(C(F)(F)F)ccn34)c2)n1. The fourth-order valence-electron chi connectivity index (χ4n) is 2.68. The fraction of sp³-hybridized carbons (Fsp3) is 0.176. The van der Waals surface area contributed by atoms with Gasteiger partial charge in [0, 0.05) is 24.5 Å². The number of fused-ring (bicyclic) bond motifs is 1. The molecule has 4 rings (SSSR count). The van der Waals surface area contributed by atoms with E-state index in [0.717, 1.165) is 17.3 Å². The molecule has 0 aliphatic heterocycles. The highest BCUT2D eigenvalue weighted by molar-refractivity contribution is 5.67. The first kappa shape index (κ1) is 17.0. The fourth-order valence-corrected chi connectivity index (χ4v) is 2.68. The highest BCUT2D eigenvalue weighted by atomic mass is 19.4. The van der Waals surface area contributed by atoms with E-state index in [9.17, 15) is 13.2 Å². The van der Waals surface area contributed by atoms with Crippen LogP contribution >= 0.6 is 0 Å². The molecule has 4 aromatic rings. The predicted molar refractivity (Wildman–Crippen MR) is 91.8 cm³/mol. The second kappa shape index (κ2) is 6.38. The van der Waals surface area contributed by atoms with E-state index >= 15 is 0 Å². The van der Waals surface area contributed by atoms with Gasteiger partial charge in [-0.3, -0.25) is 9.08 Å². The summed E-state index contributed by atoms with van der Waals surface area (Å²) in [5.41, 5.74) is 1.30. The minimum Gasteiger partial charge on any atom is -0.378 e. The second-order valence-corrected chi connectivity index (χ2v) is 5.89. The van der Waals surface area contributed by atoms with E-state index in [0.29, 0.717) is 18.1 Å². The summed E-state index contributed by atoms with van der Waals surface area (Å²) in [5, 5.41) is 7.42. The molecule has 0 saturated heterocycles. The highest BCUT2D eigenvalue weighted by Crippen LogP contribution is 2.29. The molecule has 0 aliphatic carbocycles. The molecule has 0 saturated carbocycles. The van der Waals surface area contributed by atoms with E-state index in [2.05, 4.69) is 25.4 Å². The largest absolute Gasteiger partial charge is 0.433 e. The van der Waals surface area contributed by atoms with Crippen molar-refractivity contribution in [3.63, 3.8) is 0 Å². The Morgan fingerprint density at radius 1 is 1.15 bits per heavy atom. The zero-order valence-corrected chi connectivity index (χ0v) is 14.1. The molecule has 0 amide bonds. The predicted octanol–water partition coefficient (Wildman–Crippen LogP) is 3.16. The molecule has 7 nitrogen and oxygen atoms in total. The van der Waals surface area contributed by atoms with Crippen LogP contribution in [0.2, 0.25) is 0 Å². The van der Waals surface area contributed by atoms with Gasteiger partial charge in [0.15, 0.2) is 5.82 Å². The van der Waals surface area contributed by atoms with Gasteiger partial charge in [-0.25, -0.2) is 15.0 Å². The van der Waals surface area contributed by atoms with Crippen molar-refractivity contribution in [1.82, 2.24) is 29.1 Å². The minimum absolute atomic E-state index is 0.00382. The number of nitrogens with one attached hydrogen (secondary N) is 1. The number of aromatic nitrogens is 6. The number of hydrogen-bond acceptors (Lipinski definition) is 5. The average Bonchev–Trinajstić information content (AvgIpc) is 3.25. The molecule has 0 radical (unpaired) electrons. The summed E-state index contributed by atoms with van der Waals surface area (Å²) in [6.45, 7) is 0.452. The molecule has 0 bridgehead atoms. The Hall–Kier alpha value is -3.43. The Morgan fingerprint density at radius 3 is 2.74 bits per heavy atom. The molecule has 10 heteroatoms. The van der Waals surface area contributed by atoms with Crippen LogP contribution in [-0.2, 0) is 19.8 Å². The highest BCUT2D eigenvalue weighted by Gasteiger charge is 2.33. The zero-order valence-electron chi connectivity index (χ0n) is 14.1. The minimum atomic E-state index is -4.50. The van der Waals surface area contributed by atoms with E-state index in [1.807, 2.05) is 24.3 Å². The molecule has 1 aromatic carbocycles. The first-order valence-corrected chi connectivity index (χ1v) is 8.00. The zero-order chi connectivity index (χ0) is 19.0. The first-order valence-electron chi connectivity index (χ1n) is 8.00. The summed E-state index contributed by atoms with van der Waals surface area (Å²) in [6.07, 6.45) is -0.0570. The standard InChI is InChI=1S/C17H14F3N7/c1-26-10-23-15(25-26)9-21-12-4-2-3-11(7-12)13-8-22-16-24-14(17(18,19)20)5-6-27(13)16/h2-8,10,21H,9H2,1H3. The van der Waals surface area contributed by atoms with Crippen molar-refractivity contribution < 1.29 is 13.2 Å². The van der Waals surface area contributed by atoms with E-state index in [1.54, 1.807) is 18.1 Å². The number of imidazole rings is 1. The molecule has 0 fully saturated rings. The third kappa shape index (κ3) is 3.46. The Kier molecular flexibility index (Phi) is 4.02. The Morgan fingerprint density at radius 2 is 2.00 bits per heavy atom. The number of halogens is 3. The summed E-state index contributed by atoms with van der Waals surface area (Å²) in [6, 6.07) is 8.40. The molecule has 1 N–H and O–H groups in total. The van der Waals surface area contributed by atoms with Gasteiger partial charge in [0.05, 0.1) is 18.4 Å². The first-order chi connectivity index (χ1) is 12.9. The summed E-state index contributed by atoms with van der Waals surface area (Å²) >= 11 is 0. The van der Waals surface area contributed by atoms with Crippen LogP contribution in [0.1, 0.15) is 11.5 Å². The molecule has 0 unspecified atom stereocenters. The molecule has 0 spiro atoms. The van der Waals surface area contributed by atoms with E-state index in [-0.39, 0.29) is 5.78 Å². The van der Waals surface area contributed by atoms with Crippen LogP contribution in [0.25, 0.3) is 17.0 Å². The van der Waals surface area contributed by atoms with Crippen molar-refractivity contribution >= 4 is 11.5 Å². The van der Waals surface area contributed by atoms with Crippen LogP contribution in [0.4, 0.5) is 18.9 Å². The van der Waals surface area contributed by atoms with Gasteiger partial charge < -0.3 is 5.32 Å². The Bertz CT molecular complexity index is 1100. The van der Waals surface area contributed by atoms with Gasteiger partial charge in [-0.15, -0.1) is 0 Å². The van der Waals surface area contributed by atoms with Crippen LogP contribution in [0.15, 0.2) is 49.1 Å². The molecule has 0 aliphatic rings. The van der Waals surface area contributed by atoms with Gasteiger partial charge in [0.2, 0.25) is 5.78 Å². The maximum absolute atomic E-state index is 12.8. The molecular weight excluding hydrogens is 359 g/mol. The quantitative estimate of drug-likeness (QED) is 0.595. The lowest BCUT2D eigenvalue weighted by Gasteiger charge is -2.08. The van der Waals surface area contributed by atoms with Gasteiger partial charge in [0.25, 0.3) is 0 Å².